The van der Waals surface area contributed by atoms with E-state index in [1.54, 1.807) is 0 Å². The Bertz CT molecular complexity index is 254. The van der Waals surface area contributed by atoms with Crippen molar-refractivity contribution in [3.8, 4) is 0 Å². The highest BCUT2D eigenvalue weighted by Gasteiger charge is 2.27. The fourth-order valence-corrected chi connectivity index (χ4v) is 0.815. The molecule has 0 aliphatic carbocycles. The Morgan fingerprint density at radius 3 is 2.31 bits per heavy atom. The zero-order valence-electron chi connectivity index (χ0n) is 8.25. The number of hydrogen-bond acceptors (Lipinski definition) is 3. The minimum Gasteiger partial charge on any atom is -0.479 e. The second kappa shape index (κ2) is 6.31. The molecule has 5 nitrogen and oxygen atoms in total. The molecule has 0 radical (unpaired) electrons. The zero-order chi connectivity index (χ0) is 12.8. The third-order valence-corrected chi connectivity index (χ3v) is 1.66. The predicted octanol–water partition coefficient (Wildman–Crippen LogP) is 0.281. The van der Waals surface area contributed by atoms with Gasteiger partial charge < -0.3 is 15.5 Å². The molecule has 94 valence electrons. The number of aliphatic carboxylic acids is 1. The van der Waals surface area contributed by atoms with Gasteiger partial charge in [-0.25, -0.2) is 4.79 Å². The number of carboxylic acid groups (broad SMARTS) is 1. The number of halogens is 3. The van der Waals surface area contributed by atoms with E-state index in [9.17, 15) is 22.8 Å². The van der Waals surface area contributed by atoms with E-state index in [0.717, 1.165) is 0 Å². The van der Waals surface area contributed by atoms with Gasteiger partial charge in [-0.05, 0) is 0 Å². The molecule has 0 bridgehead atoms. The molecular formula is C8H12F3NO4. The van der Waals surface area contributed by atoms with E-state index in [0.29, 0.717) is 0 Å². The minimum atomic E-state index is -4.39. The van der Waals surface area contributed by atoms with Crippen LogP contribution in [0.3, 0.4) is 0 Å². The smallest absolute Gasteiger partial charge is 0.389 e. The summed E-state index contributed by atoms with van der Waals surface area (Å²) >= 11 is 0. The van der Waals surface area contributed by atoms with Crippen LogP contribution in [-0.4, -0.2) is 40.9 Å². The van der Waals surface area contributed by atoms with Crippen molar-refractivity contribution in [3.05, 3.63) is 0 Å². The van der Waals surface area contributed by atoms with Crippen molar-refractivity contribution in [2.75, 3.05) is 6.54 Å². The van der Waals surface area contributed by atoms with Gasteiger partial charge in [-0.2, -0.15) is 13.2 Å². The summed E-state index contributed by atoms with van der Waals surface area (Å²) in [6, 6.07) is 0. The van der Waals surface area contributed by atoms with Crippen molar-refractivity contribution in [2.45, 2.75) is 31.5 Å². The normalized spacial score (nSPS) is 13.2. The van der Waals surface area contributed by atoms with Crippen LogP contribution in [0, 0.1) is 0 Å². The number of aliphatic hydroxyl groups excluding tert-OH is 1. The topological polar surface area (TPSA) is 86.6 Å². The van der Waals surface area contributed by atoms with Crippen LogP contribution in [0.5, 0.6) is 0 Å². The van der Waals surface area contributed by atoms with Gasteiger partial charge in [0.25, 0.3) is 0 Å². The second-order valence-corrected chi connectivity index (χ2v) is 3.11. The molecule has 0 rings (SSSR count). The number of hydrogen-bond donors (Lipinski definition) is 3. The van der Waals surface area contributed by atoms with Gasteiger partial charge in [0.05, 0.1) is 6.42 Å². The van der Waals surface area contributed by atoms with Crippen LogP contribution in [0.1, 0.15) is 19.3 Å². The summed E-state index contributed by atoms with van der Waals surface area (Å²) < 4.78 is 35.0. The maximum Gasteiger partial charge on any atom is 0.389 e. The van der Waals surface area contributed by atoms with Gasteiger partial charge in [-0.1, -0.05) is 0 Å². The molecule has 3 N–H and O–H groups in total. The van der Waals surface area contributed by atoms with E-state index in [1.807, 2.05) is 0 Å². The summed E-state index contributed by atoms with van der Waals surface area (Å²) in [6.45, 7) is -0.176. The molecule has 0 heterocycles. The summed E-state index contributed by atoms with van der Waals surface area (Å²) in [7, 11) is 0. The van der Waals surface area contributed by atoms with Gasteiger partial charge in [-0.3, -0.25) is 4.79 Å². The Kier molecular flexibility index (Phi) is 5.79. The molecule has 1 amide bonds. The van der Waals surface area contributed by atoms with Crippen LogP contribution in [0.2, 0.25) is 0 Å². The number of amides is 1. The Morgan fingerprint density at radius 1 is 1.31 bits per heavy atom. The fourth-order valence-electron chi connectivity index (χ4n) is 0.815. The Labute approximate surface area is 89.3 Å². The van der Waals surface area contributed by atoms with E-state index in [2.05, 4.69) is 5.32 Å². The van der Waals surface area contributed by atoms with Gasteiger partial charge in [0.2, 0.25) is 5.91 Å². The fraction of sp³-hybridized carbons (Fsp3) is 0.750. The van der Waals surface area contributed by atoms with Crippen LogP contribution in [0.15, 0.2) is 0 Å². The predicted molar refractivity (Wildman–Crippen MR) is 46.6 cm³/mol. The van der Waals surface area contributed by atoms with Crippen LogP contribution < -0.4 is 5.32 Å². The molecule has 0 aliphatic rings. The molecule has 0 aliphatic heterocycles. The Balaban J connectivity index is 3.63. The number of aliphatic hydroxyl groups is 1. The van der Waals surface area contributed by atoms with E-state index in [4.69, 9.17) is 10.2 Å². The lowest BCUT2D eigenvalue weighted by atomic mass is 10.2. The molecule has 0 unspecified atom stereocenters. The average Bonchev–Trinajstić information content (AvgIpc) is 2.13. The van der Waals surface area contributed by atoms with E-state index in [1.165, 1.54) is 0 Å². The average molecular weight is 243 g/mol. The maximum absolute atomic E-state index is 11.7. The third kappa shape index (κ3) is 8.04. The summed E-state index contributed by atoms with van der Waals surface area (Å²) in [5.41, 5.74) is 0. The van der Waals surface area contributed by atoms with Gasteiger partial charge in [0, 0.05) is 19.4 Å². The zero-order valence-corrected chi connectivity index (χ0v) is 8.25. The Morgan fingerprint density at radius 2 is 1.88 bits per heavy atom. The molecule has 0 saturated carbocycles. The van der Waals surface area contributed by atoms with Crippen LogP contribution in [-0.2, 0) is 9.59 Å². The van der Waals surface area contributed by atoms with Crippen molar-refractivity contribution < 1.29 is 33.0 Å². The monoisotopic (exact) mass is 243 g/mol. The SMILES string of the molecule is O=C(CCC(F)(F)F)NCC[C@H](O)C(=O)O. The lowest BCUT2D eigenvalue weighted by Crippen LogP contribution is -2.30. The lowest BCUT2D eigenvalue weighted by molar-refractivity contribution is -0.147. The molecule has 0 spiro atoms. The number of alkyl halides is 3. The molecule has 0 fully saturated rings. The molecule has 8 heteroatoms. The van der Waals surface area contributed by atoms with Crippen LogP contribution in [0.4, 0.5) is 13.2 Å². The number of rotatable bonds is 6. The molecule has 0 aromatic rings. The van der Waals surface area contributed by atoms with Gasteiger partial charge in [0.1, 0.15) is 0 Å². The first-order valence-corrected chi connectivity index (χ1v) is 4.46. The van der Waals surface area contributed by atoms with Gasteiger partial charge in [0.15, 0.2) is 6.10 Å². The van der Waals surface area contributed by atoms with Crippen LogP contribution >= 0.6 is 0 Å². The van der Waals surface area contributed by atoms with Crippen molar-refractivity contribution in [1.82, 2.24) is 5.32 Å². The summed E-state index contributed by atoms with van der Waals surface area (Å²) in [4.78, 5) is 20.9. The molecule has 1 atom stereocenters. The first-order valence-electron chi connectivity index (χ1n) is 4.46. The largest absolute Gasteiger partial charge is 0.479 e. The number of carbonyl (C=O) groups excluding carboxylic acids is 1. The molecule has 0 aromatic carbocycles. The summed E-state index contributed by atoms with van der Waals surface area (Å²) in [6.07, 6.45) is -8.18. The highest BCUT2D eigenvalue weighted by atomic mass is 19.4. The first-order chi connectivity index (χ1) is 7.22. The van der Waals surface area contributed by atoms with E-state index in [-0.39, 0.29) is 13.0 Å². The maximum atomic E-state index is 11.7. The van der Waals surface area contributed by atoms with Crippen molar-refractivity contribution in [3.63, 3.8) is 0 Å². The minimum absolute atomic E-state index is 0.176. The highest BCUT2D eigenvalue weighted by Crippen LogP contribution is 2.20. The Hall–Kier alpha value is -1.31. The molecule has 0 saturated heterocycles. The van der Waals surface area contributed by atoms with Gasteiger partial charge in [-0.15, -0.1) is 0 Å². The van der Waals surface area contributed by atoms with Crippen LogP contribution in [0.25, 0.3) is 0 Å². The summed E-state index contributed by atoms with van der Waals surface area (Å²) in [5, 5.41) is 19.1. The molecule has 16 heavy (non-hydrogen) atoms. The standard InChI is InChI=1S/C8H12F3NO4/c9-8(10,11)3-1-6(14)12-4-2-5(13)7(15)16/h5,13H,1-4H2,(H,12,14)(H,15,16)/t5-/m0/s1. The summed E-state index contributed by atoms with van der Waals surface area (Å²) in [5.74, 6) is -2.26. The lowest BCUT2D eigenvalue weighted by Gasteiger charge is -2.08. The number of carbonyl (C=O) groups is 2. The number of carboxylic acids is 1. The quantitative estimate of drug-likeness (QED) is 0.625. The highest BCUT2D eigenvalue weighted by molar-refractivity contribution is 5.76. The molecular weight excluding hydrogens is 231 g/mol. The van der Waals surface area contributed by atoms with E-state index < -0.39 is 37.0 Å². The third-order valence-electron chi connectivity index (χ3n) is 1.66. The van der Waals surface area contributed by atoms with Crippen molar-refractivity contribution in [2.24, 2.45) is 0 Å². The first kappa shape index (κ1) is 14.7. The van der Waals surface area contributed by atoms with E-state index >= 15 is 0 Å². The van der Waals surface area contributed by atoms with Crippen molar-refractivity contribution >= 4 is 11.9 Å². The second-order valence-electron chi connectivity index (χ2n) is 3.11. The molecule has 0 aromatic heterocycles. The van der Waals surface area contributed by atoms with Crippen molar-refractivity contribution in [1.29, 1.82) is 0 Å². The number of nitrogens with one attached hydrogen (secondary N) is 1. The van der Waals surface area contributed by atoms with Gasteiger partial charge >= 0.3 is 12.1 Å².